The Labute approximate surface area is 246 Å². The molecule has 7 heteroatoms. The zero-order valence-electron chi connectivity index (χ0n) is 24.2. The minimum Gasteiger partial charge on any atom is -0.493 e. The van der Waals surface area contributed by atoms with Crippen molar-refractivity contribution in [2.75, 3.05) is 20.8 Å². The number of hydrogen-bond acceptors (Lipinski definition) is 6. The smallest absolute Gasteiger partial charge is 0.162 e. The fourth-order valence-electron chi connectivity index (χ4n) is 5.32. The fourth-order valence-corrected chi connectivity index (χ4v) is 5.32. The Balaban J connectivity index is 1.21. The molecule has 42 heavy (non-hydrogen) atoms. The van der Waals surface area contributed by atoms with Crippen LogP contribution in [-0.2, 0) is 19.6 Å². The summed E-state index contributed by atoms with van der Waals surface area (Å²) in [6.45, 7) is 3.88. The number of ether oxygens (including phenoxy) is 4. The van der Waals surface area contributed by atoms with Gasteiger partial charge in [0.05, 0.1) is 20.3 Å². The predicted octanol–water partition coefficient (Wildman–Crippen LogP) is 6.72. The highest BCUT2D eigenvalue weighted by atomic mass is 16.5. The van der Waals surface area contributed by atoms with E-state index in [9.17, 15) is 0 Å². The number of fused-ring (bicyclic) bond motifs is 2. The van der Waals surface area contributed by atoms with Crippen molar-refractivity contribution in [1.82, 2.24) is 14.7 Å². The van der Waals surface area contributed by atoms with Crippen molar-refractivity contribution in [2.45, 2.75) is 32.6 Å². The van der Waals surface area contributed by atoms with Crippen LogP contribution in [-0.4, -0.2) is 30.1 Å². The quantitative estimate of drug-likeness (QED) is 0.204. The maximum Gasteiger partial charge on any atom is 0.162 e. The number of rotatable bonds is 10. The van der Waals surface area contributed by atoms with E-state index in [-0.39, 0.29) is 6.04 Å². The molecule has 1 atom stereocenters. The Bertz CT molecular complexity index is 1710. The monoisotopic (exact) mass is 561 g/mol. The molecule has 0 bridgehead atoms. The number of pyridine rings is 1. The van der Waals surface area contributed by atoms with Crippen LogP contribution in [0.25, 0.3) is 11.7 Å². The normalized spacial score (nSPS) is 14.6. The van der Waals surface area contributed by atoms with Crippen LogP contribution in [0.2, 0.25) is 0 Å². The van der Waals surface area contributed by atoms with Gasteiger partial charge < -0.3 is 28.7 Å². The van der Waals surface area contributed by atoms with Crippen molar-refractivity contribution in [3.8, 4) is 23.0 Å². The molecule has 0 saturated carbocycles. The second-order valence-corrected chi connectivity index (χ2v) is 10.4. The Morgan fingerprint density at radius 1 is 0.881 bits per heavy atom. The van der Waals surface area contributed by atoms with Gasteiger partial charge in [0, 0.05) is 30.7 Å². The van der Waals surface area contributed by atoms with E-state index in [1.165, 1.54) is 11.1 Å². The Morgan fingerprint density at radius 3 is 2.45 bits per heavy atom. The molecular weight excluding hydrogens is 526 g/mol. The number of nitrogens with one attached hydrogen (secondary N) is 1. The molecular formula is C35H35N3O4. The minimum absolute atomic E-state index is 0.0404. The molecule has 3 heterocycles. The van der Waals surface area contributed by atoms with E-state index in [4.69, 9.17) is 18.9 Å². The van der Waals surface area contributed by atoms with Gasteiger partial charge in [0.1, 0.15) is 18.9 Å². The lowest BCUT2D eigenvalue weighted by Crippen LogP contribution is -2.28. The number of aryl methyl sites for hydroxylation is 1. The highest BCUT2D eigenvalue weighted by molar-refractivity contribution is 5.61. The third-order valence-corrected chi connectivity index (χ3v) is 7.62. The molecule has 1 aliphatic heterocycles. The van der Waals surface area contributed by atoms with Crippen LogP contribution in [0.5, 0.6) is 23.0 Å². The lowest BCUT2D eigenvalue weighted by atomic mass is 9.92. The Hall–Kier alpha value is -4.75. The minimum atomic E-state index is 0.0404. The third-order valence-electron chi connectivity index (χ3n) is 7.62. The van der Waals surface area contributed by atoms with Crippen LogP contribution in [0.3, 0.4) is 0 Å². The van der Waals surface area contributed by atoms with E-state index in [2.05, 4.69) is 53.6 Å². The van der Waals surface area contributed by atoms with Crippen LogP contribution in [0, 0.1) is 6.92 Å². The summed E-state index contributed by atoms with van der Waals surface area (Å²) in [6.07, 6.45) is 11.0. The molecule has 1 unspecified atom stereocenters. The number of nitrogens with zero attached hydrogens (tertiary/aromatic N) is 2. The summed E-state index contributed by atoms with van der Waals surface area (Å²) in [4.78, 5) is 4.31. The van der Waals surface area contributed by atoms with Crippen LogP contribution in [0.15, 0.2) is 91.4 Å². The number of benzene rings is 3. The summed E-state index contributed by atoms with van der Waals surface area (Å²) < 4.78 is 25.8. The van der Waals surface area contributed by atoms with E-state index >= 15 is 0 Å². The number of methoxy groups -OCH3 is 2. The van der Waals surface area contributed by atoms with Gasteiger partial charge >= 0.3 is 0 Å². The van der Waals surface area contributed by atoms with Crippen molar-refractivity contribution in [2.24, 2.45) is 0 Å². The Morgan fingerprint density at radius 2 is 1.64 bits per heavy atom. The lowest BCUT2D eigenvalue weighted by molar-refractivity contribution is 0.283. The fraction of sp³-hybridized carbons (Fsp3) is 0.229. The molecule has 0 fully saturated rings. The molecule has 1 N–H and O–H groups in total. The average molecular weight is 562 g/mol. The van der Waals surface area contributed by atoms with Gasteiger partial charge in [-0.05, 0) is 71.5 Å². The summed E-state index contributed by atoms with van der Waals surface area (Å²) in [5.41, 5.74) is 7.71. The van der Waals surface area contributed by atoms with Crippen molar-refractivity contribution < 1.29 is 18.9 Å². The second kappa shape index (κ2) is 12.4. The average Bonchev–Trinajstić information content (AvgIpc) is 3.50. The first-order chi connectivity index (χ1) is 20.6. The molecule has 214 valence electrons. The van der Waals surface area contributed by atoms with Crippen LogP contribution in [0.4, 0.5) is 0 Å². The van der Waals surface area contributed by atoms with E-state index in [0.29, 0.717) is 24.7 Å². The SMILES string of the molecule is COc1cc(C)c(/C=C/C2NCCc3cc(OCc4ccccc4)c(OC)cc32)cc1OCc1ccc2nccn2c1. The van der Waals surface area contributed by atoms with Gasteiger partial charge in [0.25, 0.3) is 0 Å². The third kappa shape index (κ3) is 5.97. The molecule has 0 radical (unpaired) electrons. The van der Waals surface area contributed by atoms with Gasteiger partial charge in [-0.3, -0.25) is 0 Å². The molecule has 5 aromatic rings. The van der Waals surface area contributed by atoms with E-state index in [1.807, 2.05) is 59.3 Å². The first-order valence-corrected chi connectivity index (χ1v) is 14.1. The summed E-state index contributed by atoms with van der Waals surface area (Å²) in [6, 6.07) is 22.5. The van der Waals surface area contributed by atoms with Gasteiger partial charge in [-0.15, -0.1) is 0 Å². The van der Waals surface area contributed by atoms with Crippen molar-refractivity contribution in [3.63, 3.8) is 0 Å². The highest BCUT2D eigenvalue weighted by Gasteiger charge is 2.21. The maximum atomic E-state index is 6.24. The molecule has 0 aliphatic carbocycles. The van der Waals surface area contributed by atoms with E-state index in [0.717, 1.165) is 52.4 Å². The predicted molar refractivity (Wildman–Crippen MR) is 165 cm³/mol. The van der Waals surface area contributed by atoms with Gasteiger partial charge in [-0.2, -0.15) is 0 Å². The summed E-state index contributed by atoms with van der Waals surface area (Å²) in [5.74, 6) is 2.91. The summed E-state index contributed by atoms with van der Waals surface area (Å²) >= 11 is 0. The van der Waals surface area contributed by atoms with E-state index < -0.39 is 0 Å². The summed E-state index contributed by atoms with van der Waals surface area (Å²) in [7, 11) is 3.36. The first-order valence-electron chi connectivity index (χ1n) is 14.1. The second-order valence-electron chi connectivity index (χ2n) is 10.4. The molecule has 3 aromatic carbocycles. The maximum absolute atomic E-state index is 6.24. The van der Waals surface area contributed by atoms with Gasteiger partial charge in [-0.1, -0.05) is 48.6 Å². The summed E-state index contributed by atoms with van der Waals surface area (Å²) in [5, 5.41) is 3.64. The Kier molecular flexibility index (Phi) is 8.10. The molecule has 6 rings (SSSR count). The zero-order chi connectivity index (χ0) is 28.9. The number of imidazole rings is 1. The lowest BCUT2D eigenvalue weighted by Gasteiger charge is -2.26. The molecule has 7 nitrogen and oxygen atoms in total. The number of aromatic nitrogens is 2. The van der Waals surface area contributed by atoms with E-state index in [1.54, 1.807) is 20.4 Å². The molecule has 0 spiro atoms. The van der Waals surface area contributed by atoms with Gasteiger partial charge in [0.2, 0.25) is 0 Å². The molecule has 0 amide bonds. The highest BCUT2D eigenvalue weighted by Crippen LogP contribution is 2.37. The van der Waals surface area contributed by atoms with Crippen molar-refractivity contribution in [1.29, 1.82) is 0 Å². The molecule has 1 aliphatic rings. The van der Waals surface area contributed by atoms with Gasteiger partial charge in [0.15, 0.2) is 23.0 Å². The molecule has 0 saturated heterocycles. The van der Waals surface area contributed by atoms with Crippen LogP contribution < -0.4 is 24.3 Å². The van der Waals surface area contributed by atoms with Gasteiger partial charge in [-0.25, -0.2) is 4.98 Å². The molecule has 2 aromatic heterocycles. The van der Waals surface area contributed by atoms with Crippen molar-refractivity contribution in [3.05, 3.63) is 125 Å². The first kappa shape index (κ1) is 27.4. The standard InChI is InChI=1S/C35H35N3O4/c1-24-17-31(39-2)33(42-23-26-9-12-35-37-15-16-38(35)21-26)18-27(24)10-11-30-29-20-32(40-3)34(19-28(29)13-14-36-30)41-22-25-7-5-4-6-8-25/h4-12,15-21,30,36H,13-14,22-23H2,1-3H3/b11-10+. The van der Waals surface area contributed by atoms with Crippen LogP contribution in [0.1, 0.15) is 39.4 Å². The zero-order valence-corrected chi connectivity index (χ0v) is 24.2. The largest absolute Gasteiger partial charge is 0.493 e. The van der Waals surface area contributed by atoms with Crippen LogP contribution >= 0.6 is 0 Å². The van der Waals surface area contributed by atoms with Crippen molar-refractivity contribution >= 4 is 11.7 Å². The topological polar surface area (TPSA) is 66.2 Å². The number of hydrogen-bond donors (Lipinski definition) is 1.